The van der Waals surface area contributed by atoms with Crippen molar-refractivity contribution < 1.29 is 4.74 Å². The van der Waals surface area contributed by atoms with Crippen molar-refractivity contribution in [3.8, 4) is 17.0 Å². The van der Waals surface area contributed by atoms with Gasteiger partial charge in [0.15, 0.2) is 0 Å². The van der Waals surface area contributed by atoms with Crippen molar-refractivity contribution in [3.05, 3.63) is 48.9 Å². The first-order valence-electron chi connectivity index (χ1n) is 6.62. The van der Waals surface area contributed by atoms with Gasteiger partial charge in [-0.25, -0.2) is 4.98 Å². The predicted octanol–water partition coefficient (Wildman–Crippen LogP) is 3.10. The zero-order valence-corrected chi connectivity index (χ0v) is 10.8. The first-order valence-corrected chi connectivity index (χ1v) is 6.62. The molecule has 0 fully saturated rings. The number of hydrogen-bond donors (Lipinski definition) is 1. The summed E-state index contributed by atoms with van der Waals surface area (Å²) in [6, 6.07) is 10.3. The number of hydrogen-bond acceptors (Lipinski definition) is 4. The normalized spacial score (nSPS) is 13.4. The van der Waals surface area contributed by atoms with Crippen molar-refractivity contribution in [3.63, 3.8) is 0 Å². The van der Waals surface area contributed by atoms with Gasteiger partial charge >= 0.3 is 0 Å². The summed E-state index contributed by atoms with van der Waals surface area (Å²) >= 11 is 0. The van der Waals surface area contributed by atoms with Gasteiger partial charge in [0.05, 0.1) is 5.69 Å². The Morgan fingerprint density at radius 1 is 1.10 bits per heavy atom. The van der Waals surface area contributed by atoms with E-state index in [1.165, 1.54) is 5.39 Å². The Hall–Kier alpha value is -2.62. The second-order valence-corrected chi connectivity index (χ2v) is 4.76. The predicted molar refractivity (Wildman–Crippen MR) is 79.0 cm³/mol. The van der Waals surface area contributed by atoms with E-state index in [-0.39, 0.29) is 0 Å². The van der Waals surface area contributed by atoms with Crippen LogP contribution in [0.4, 0.5) is 5.69 Å². The smallest absolute Gasteiger partial charge is 0.237 e. The molecule has 3 heterocycles. The fourth-order valence-electron chi connectivity index (χ4n) is 2.52. The molecule has 1 aromatic carbocycles. The molecule has 0 atom stereocenters. The van der Waals surface area contributed by atoms with Crippen molar-refractivity contribution >= 4 is 16.5 Å². The van der Waals surface area contributed by atoms with Crippen LogP contribution in [0, 0.1) is 0 Å². The molecule has 1 N–H and O–H groups in total. The lowest BCUT2D eigenvalue weighted by molar-refractivity contribution is 0.310. The minimum atomic E-state index is 0.662. The van der Waals surface area contributed by atoms with Crippen LogP contribution in [0.15, 0.2) is 48.9 Å². The molecule has 20 heavy (non-hydrogen) atoms. The monoisotopic (exact) mass is 263 g/mol. The van der Waals surface area contributed by atoms with E-state index < -0.39 is 0 Å². The number of nitrogens with one attached hydrogen (secondary N) is 1. The third-order valence-corrected chi connectivity index (χ3v) is 3.49. The van der Waals surface area contributed by atoms with Crippen molar-refractivity contribution in [1.82, 2.24) is 9.97 Å². The Balaban J connectivity index is 1.91. The number of aromatic nitrogens is 2. The Morgan fingerprint density at radius 3 is 3.05 bits per heavy atom. The zero-order valence-electron chi connectivity index (χ0n) is 10.8. The molecule has 0 unspecified atom stereocenters. The molecule has 0 radical (unpaired) electrons. The third kappa shape index (κ3) is 1.77. The SMILES string of the molecule is c1ccc2c(-c3cnc4c(c3)NCCO4)cncc2c1. The van der Waals surface area contributed by atoms with E-state index in [0.717, 1.165) is 28.7 Å². The van der Waals surface area contributed by atoms with Gasteiger partial charge in [0, 0.05) is 41.6 Å². The lowest BCUT2D eigenvalue weighted by Crippen LogP contribution is -2.18. The Morgan fingerprint density at radius 2 is 2.05 bits per heavy atom. The number of nitrogens with zero attached hydrogens (tertiary/aromatic N) is 2. The molecule has 0 saturated carbocycles. The van der Waals surface area contributed by atoms with Crippen LogP contribution in [0.2, 0.25) is 0 Å². The molecule has 4 nitrogen and oxygen atoms in total. The molecule has 4 rings (SSSR count). The summed E-state index contributed by atoms with van der Waals surface area (Å²) in [7, 11) is 0. The summed E-state index contributed by atoms with van der Waals surface area (Å²) in [4.78, 5) is 8.71. The van der Waals surface area contributed by atoms with Gasteiger partial charge in [-0.1, -0.05) is 24.3 Å². The van der Waals surface area contributed by atoms with Gasteiger partial charge < -0.3 is 10.1 Å². The average Bonchev–Trinajstić information content (AvgIpc) is 2.54. The number of anilines is 1. The molecule has 2 aromatic heterocycles. The Labute approximate surface area is 116 Å². The first-order chi connectivity index (χ1) is 9.92. The number of rotatable bonds is 1. The average molecular weight is 263 g/mol. The highest BCUT2D eigenvalue weighted by molar-refractivity contribution is 5.96. The summed E-state index contributed by atoms with van der Waals surface area (Å²) in [5, 5.41) is 5.63. The zero-order chi connectivity index (χ0) is 13.4. The van der Waals surface area contributed by atoms with E-state index in [4.69, 9.17) is 4.74 Å². The third-order valence-electron chi connectivity index (χ3n) is 3.49. The van der Waals surface area contributed by atoms with Gasteiger partial charge in [-0.2, -0.15) is 0 Å². The molecule has 0 aliphatic carbocycles. The fourth-order valence-corrected chi connectivity index (χ4v) is 2.52. The van der Waals surface area contributed by atoms with E-state index >= 15 is 0 Å². The molecule has 0 bridgehead atoms. The number of pyridine rings is 2. The lowest BCUT2D eigenvalue weighted by atomic mass is 10.0. The van der Waals surface area contributed by atoms with Crippen molar-refractivity contribution in [2.24, 2.45) is 0 Å². The highest BCUT2D eigenvalue weighted by Gasteiger charge is 2.13. The van der Waals surface area contributed by atoms with E-state index in [0.29, 0.717) is 12.5 Å². The molecule has 0 spiro atoms. The van der Waals surface area contributed by atoms with Crippen LogP contribution in [0.5, 0.6) is 5.88 Å². The van der Waals surface area contributed by atoms with Crippen LogP contribution in [0.25, 0.3) is 21.9 Å². The molecule has 0 amide bonds. The topological polar surface area (TPSA) is 47.0 Å². The van der Waals surface area contributed by atoms with Gasteiger partial charge in [-0.15, -0.1) is 0 Å². The number of benzene rings is 1. The van der Waals surface area contributed by atoms with Crippen molar-refractivity contribution in [2.45, 2.75) is 0 Å². The molecule has 0 saturated heterocycles. The summed E-state index contributed by atoms with van der Waals surface area (Å²) in [5.74, 6) is 0.674. The van der Waals surface area contributed by atoms with Crippen LogP contribution >= 0.6 is 0 Å². The number of ether oxygens (including phenoxy) is 1. The number of fused-ring (bicyclic) bond motifs is 2. The van der Waals surface area contributed by atoms with Gasteiger partial charge in [-0.05, 0) is 11.5 Å². The molecule has 1 aliphatic heterocycles. The van der Waals surface area contributed by atoms with Gasteiger partial charge in [-0.3, -0.25) is 4.98 Å². The van der Waals surface area contributed by atoms with Gasteiger partial charge in [0.1, 0.15) is 6.61 Å². The highest BCUT2D eigenvalue weighted by atomic mass is 16.5. The van der Waals surface area contributed by atoms with E-state index in [1.807, 2.05) is 30.7 Å². The highest BCUT2D eigenvalue weighted by Crippen LogP contribution is 2.32. The second kappa shape index (κ2) is 4.49. The quantitative estimate of drug-likeness (QED) is 0.733. The van der Waals surface area contributed by atoms with Crippen LogP contribution < -0.4 is 10.1 Å². The van der Waals surface area contributed by atoms with Crippen LogP contribution in [-0.4, -0.2) is 23.1 Å². The molecule has 3 aromatic rings. The van der Waals surface area contributed by atoms with Gasteiger partial charge in [0.2, 0.25) is 5.88 Å². The molecule has 4 heteroatoms. The van der Waals surface area contributed by atoms with E-state index in [2.05, 4.69) is 33.5 Å². The van der Waals surface area contributed by atoms with Crippen LogP contribution in [0.1, 0.15) is 0 Å². The molecule has 98 valence electrons. The largest absolute Gasteiger partial charge is 0.474 e. The molecule has 1 aliphatic rings. The summed E-state index contributed by atoms with van der Waals surface area (Å²) in [5.41, 5.74) is 3.08. The maximum Gasteiger partial charge on any atom is 0.237 e. The fraction of sp³-hybridized carbons (Fsp3) is 0.125. The van der Waals surface area contributed by atoms with Crippen molar-refractivity contribution in [1.29, 1.82) is 0 Å². The standard InChI is InChI=1S/C16H13N3O/c1-2-4-13-11(3-1)8-17-10-14(13)12-7-15-16(19-9-12)20-6-5-18-15/h1-4,7-10,18H,5-6H2. The van der Waals surface area contributed by atoms with Gasteiger partial charge in [0.25, 0.3) is 0 Å². The van der Waals surface area contributed by atoms with Crippen molar-refractivity contribution in [2.75, 3.05) is 18.5 Å². The van der Waals surface area contributed by atoms with Crippen LogP contribution in [-0.2, 0) is 0 Å². The van der Waals surface area contributed by atoms with Crippen LogP contribution in [0.3, 0.4) is 0 Å². The summed E-state index contributed by atoms with van der Waals surface area (Å²) < 4.78 is 5.51. The second-order valence-electron chi connectivity index (χ2n) is 4.76. The lowest BCUT2D eigenvalue weighted by Gasteiger charge is -2.18. The summed E-state index contributed by atoms with van der Waals surface area (Å²) in [6.07, 6.45) is 5.61. The minimum absolute atomic E-state index is 0.662. The Kier molecular flexibility index (Phi) is 2.52. The molecular weight excluding hydrogens is 250 g/mol. The maximum absolute atomic E-state index is 5.51. The van der Waals surface area contributed by atoms with E-state index in [9.17, 15) is 0 Å². The summed E-state index contributed by atoms with van der Waals surface area (Å²) in [6.45, 7) is 1.47. The molecular formula is C16H13N3O. The Bertz CT molecular complexity index is 780. The minimum Gasteiger partial charge on any atom is -0.474 e. The first kappa shape index (κ1) is 11.2. The maximum atomic E-state index is 5.51. The van der Waals surface area contributed by atoms with E-state index in [1.54, 1.807) is 0 Å².